The minimum atomic E-state index is -0.275. The molecule has 1 aromatic carbocycles. The second-order valence-corrected chi connectivity index (χ2v) is 7.30. The van der Waals surface area contributed by atoms with Gasteiger partial charge in [-0.05, 0) is 54.2 Å². The number of halogens is 1. The van der Waals surface area contributed by atoms with Crippen molar-refractivity contribution in [3.8, 4) is 11.1 Å². The van der Waals surface area contributed by atoms with Gasteiger partial charge >= 0.3 is 0 Å². The Morgan fingerprint density at radius 2 is 1.96 bits per heavy atom. The SMILES string of the molecule is CC(=O)N1C[C@@H]2C[C@H](C1)c1cc(-c3ccc(F)cc3C)cc(=O)n1C2. The molecule has 4 nitrogen and oxygen atoms in total. The molecule has 1 aromatic heterocycles. The van der Waals surface area contributed by atoms with Crippen molar-refractivity contribution in [1.29, 1.82) is 0 Å². The van der Waals surface area contributed by atoms with Gasteiger partial charge in [0, 0.05) is 44.2 Å². The number of pyridine rings is 1. The molecule has 25 heavy (non-hydrogen) atoms. The van der Waals surface area contributed by atoms with Crippen LogP contribution in [-0.4, -0.2) is 28.5 Å². The molecule has 0 aliphatic carbocycles. The number of nitrogens with zero attached hydrogens (tertiary/aromatic N) is 2. The molecule has 0 N–H and O–H groups in total. The molecule has 2 atom stereocenters. The van der Waals surface area contributed by atoms with Crippen molar-refractivity contribution in [3.63, 3.8) is 0 Å². The van der Waals surface area contributed by atoms with Crippen molar-refractivity contribution in [1.82, 2.24) is 9.47 Å². The number of hydrogen-bond donors (Lipinski definition) is 0. The van der Waals surface area contributed by atoms with Crippen LogP contribution in [0.15, 0.2) is 35.1 Å². The fraction of sp³-hybridized carbons (Fsp3) is 0.400. The van der Waals surface area contributed by atoms with Crippen molar-refractivity contribution in [2.45, 2.75) is 32.7 Å². The van der Waals surface area contributed by atoms with Gasteiger partial charge in [-0.25, -0.2) is 4.39 Å². The Kier molecular flexibility index (Phi) is 3.74. The van der Waals surface area contributed by atoms with E-state index in [1.165, 1.54) is 12.1 Å². The highest BCUT2D eigenvalue weighted by molar-refractivity contribution is 5.73. The zero-order valence-corrected chi connectivity index (χ0v) is 14.5. The number of likely N-dealkylation sites (tertiary alicyclic amines) is 1. The van der Waals surface area contributed by atoms with Crippen LogP contribution in [0, 0.1) is 18.7 Å². The van der Waals surface area contributed by atoms with Crippen LogP contribution in [0.3, 0.4) is 0 Å². The molecule has 1 fully saturated rings. The van der Waals surface area contributed by atoms with Gasteiger partial charge in [-0.2, -0.15) is 0 Å². The summed E-state index contributed by atoms with van der Waals surface area (Å²) in [4.78, 5) is 26.4. The number of carbonyl (C=O) groups excluding carboxylic acids is 1. The first kappa shape index (κ1) is 16.1. The zero-order valence-electron chi connectivity index (χ0n) is 14.5. The van der Waals surface area contributed by atoms with Crippen molar-refractivity contribution >= 4 is 5.91 Å². The lowest BCUT2D eigenvalue weighted by molar-refractivity contribution is -0.131. The van der Waals surface area contributed by atoms with Crippen LogP contribution in [0.4, 0.5) is 4.39 Å². The zero-order chi connectivity index (χ0) is 17.7. The average Bonchev–Trinajstić information content (AvgIpc) is 2.55. The second-order valence-electron chi connectivity index (χ2n) is 7.30. The van der Waals surface area contributed by atoms with Crippen molar-refractivity contribution in [2.75, 3.05) is 13.1 Å². The summed E-state index contributed by atoms with van der Waals surface area (Å²) in [5, 5.41) is 0. The second kappa shape index (κ2) is 5.83. The topological polar surface area (TPSA) is 42.3 Å². The van der Waals surface area contributed by atoms with Gasteiger partial charge < -0.3 is 9.47 Å². The quantitative estimate of drug-likeness (QED) is 0.801. The summed E-state index contributed by atoms with van der Waals surface area (Å²) in [7, 11) is 0. The predicted molar refractivity (Wildman–Crippen MR) is 93.9 cm³/mol. The van der Waals surface area contributed by atoms with Crippen LogP contribution in [0.25, 0.3) is 11.1 Å². The summed E-state index contributed by atoms with van der Waals surface area (Å²) in [6.45, 7) is 5.51. The van der Waals surface area contributed by atoms with Gasteiger partial charge in [0.1, 0.15) is 5.82 Å². The summed E-state index contributed by atoms with van der Waals surface area (Å²) in [6, 6.07) is 8.33. The summed E-state index contributed by atoms with van der Waals surface area (Å²) in [5.74, 6) is 0.343. The molecular formula is C20H21FN2O2. The number of piperidine rings is 1. The number of rotatable bonds is 1. The van der Waals surface area contributed by atoms with Gasteiger partial charge in [0.05, 0.1) is 0 Å². The van der Waals surface area contributed by atoms with E-state index in [0.29, 0.717) is 19.0 Å². The molecule has 2 aromatic rings. The largest absolute Gasteiger partial charge is 0.342 e. The fourth-order valence-electron chi connectivity index (χ4n) is 4.32. The Hall–Kier alpha value is -2.43. The maximum Gasteiger partial charge on any atom is 0.251 e. The van der Waals surface area contributed by atoms with Gasteiger partial charge in [0.25, 0.3) is 5.56 Å². The molecule has 1 saturated heterocycles. The number of fused-ring (bicyclic) bond motifs is 4. The van der Waals surface area contributed by atoms with E-state index in [0.717, 1.165) is 35.3 Å². The summed E-state index contributed by atoms with van der Waals surface area (Å²) in [5.41, 5.74) is 3.50. The molecule has 2 aliphatic heterocycles. The van der Waals surface area contributed by atoms with E-state index in [2.05, 4.69) is 0 Å². The standard InChI is InChI=1S/C20H21FN2O2/c1-12-5-17(21)3-4-18(12)15-7-19-16-6-14(9-22(11-16)13(2)24)10-23(19)20(25)8-15/h3-5,7-8,14,16H,6,9-11H2,1-2H3/t14-,16+/m0/s1. The molecule has 4 rings (SSSR count). The Labute approximate surface area is 145 Å². The van der Waals surface area contributed by atoms with E-state index in [4.69, 9.17) is 0 Å². The highest BCUT2D eigenvalue weighted by Gasteiger charge is 2.35. The average molecular weight is 340 g/mol. The lowest BCUT2D eigenvalue weighted by Gasteiger charge is -2.42. The van der Waals surface area contributed by atoms with Crippen LogP contribution in [0.1, 0.15) is 30.5 Å². The van der Waals surface area contributed by atoms with E-state index in [9.17, 15) is 14.0 Å². The maximum absolute atomic E-state index is 13.4. The van der Waals surface area contributed by atoms with Crippen molar-refractivity contribution < 1.29 is 9.18 Å². The van der Waals surface area contributed by atoms with E-state index in [1.807, 2.05) is 22.5 Å². The van der Waals surface area contributed by atoms with Gasteiger partial charge in [0.2, 0.25) is 5.91 Å². The number of amides is 1. The first-order valence-corrected chi connectivity index (χ1v) is 8.69. The molecular weight excluding hydrogens is 319 g/mol. The minimum absolute atomic E-state index is 0.0119. The van der Waals surface area contributed by atoms with Gasteiger partial charge in [-0.15, -0.1) is 0 Å². The lowest BCUT2D eigenvalue weighted by atomic mass is 9.82. The monoisotopic (exact) mass is 340 g/mol. The van der Waals surface area contributed by atoms with E-state index >= 15 is 0 Å². The van der Waals surface area contributed by atoms with Crippen molar-refractivity contribution in [3.05, 3.63) is 57.8 Å². The Balaban J connectivity index is 1.80. The molecule has 0 radical (unpaired) electrons. The molecule has 3 heterocycles. The number of aromatic nitrogens is 1. The van der Waals surface area contributed by atoms with Crippen LogP contribution >= 0.6 is 0 Å². The van der Waals surface area contributed by atoms with Crippen molar-refractivity contribution in [2.24, 2.45) is 5.92 Å². The summed E-state index contributed by atoms with van der Waals surface area (Å²) in [6.07, 6.45) is 1.01. The van der Waals surface area contributed by atoms with Crippen LogP contribution < -0.4 is 5.56 Å². The Morgan fingerprint density at radius 3 is 2.68 bits per heavy atom. The Morgan fingerprint density at radius 1 is 1.16 bits per heavy atom. The molecule has 2 aliphatic rings. The first-order chi connectivity index (χ1) is 11.9. The minimum Gasteiger partial charge on any atom is -0.342 e. The van der Waals surface area contributed by atoms with Gasteiger partial charge in [0.15, 0.2) is 0 Å². The molecule has 0 spiro atoms. The molecule has 1 amide bonds. The summed E-state index contributed by atoms with van der Waals surface area (Å²) >= 11 is 0. The molecule has 130 valence electrons. The smallest absolute Gasteiger partial charge is 0.251 e. The third-order valence-corrected chi connectivity index (χ3v) is 5.50. The molecule has 2 bridgehead atoms. The number of aryl methyl sites for hydroxylation is 1. The molecule has 0 saturated carbocycles. The maximum atomic E-state index is 13.4. The van der Waals surface area contributed by atoms with Crippen LogP contribution in [0.5, 0.6) is 0 Å². The molecule has 0 unspecified atom stereocenters. The third kappa shape index (κ3) is 2.77. The fourth-order valence-corrected chi connectivity index (χ4v) is 4.32. The van der Waals surface area contributed by atoms with E-state index < -0.39 is 0 Å². The number of carbonyl (C=O) groups is 1. The normalized spacial score (nSPS) is 21.8. The van der Waals surface area contributed by atoms with E-state index in [1.54, 1.807) is 19.1 Å². The summed E-state index contributed by atoms with van der Waals surface area (Å²) < 4.78 is 15.3. The lowest BCUT2D eigenvalue weighted by Crippen LogP contribution is -2.48. The Bertz CT molecular complexity index is 918. The number of benzene rings is 1. The number of hydrogen-bond acceptors (Lipinski definition) is 2. The van der Waals surface area contributed by atoms with Crippen LogP contribution in [0.2, 0.25) is 0 Å². The van der Waals surface area contributed by atoms with Gasteiger partial charge in [-0.3, -0.25) is 9.59 Å². The highest BCUT2D eigenvalue weighted by Crippen LogP contribution is 2.37. The predicted octanol–water partition coefficient (Wildman–Crippen LogP) is 2.93. The third-order valence-electron chi connectivity index (χ3n) is 5.50. The van der Waals surface area contributed by atoms with Gasteiger partial charge in [-0.1, -0.05) is 6.07 Å². The highest BCUT2D eigenvalue weighted by atomic mass is 19.1. The van der Waals surface area contributed by atoms with Crippen LogP contribution in [-0.2, 0) is 11.3 Å². The first-order valence-electron chi connectivity index (χ1n) is 8.69. The molecule has 5 heteroatoms. The van der Waals surface area contributed by atoms with E-state index in [-0.39, 0.29) is 23.2 Å².